The second kappa shape index (κ2) is 4.88. The van der Waals surface area contributed by atoms with Crippen LogP contribution in [0.3, 0.4) is 0 Å². The molecule has 72 valence electrons. The van der Waals surface area contributed by atoms with Crippen LogP contribution in [0.4, 0.5) is 0 Å². The minimum Gasteiger partial charge on any atom is -0.479 e. The first kappa shape index (κ1) is 10.1. The Hall–Kier alpha value is -1.01. The largest absolute Gasteiger partial charge is 0.479 e. The predicted octanol–water partition coefficient (Wildman–Crippen LogP) is 1.02. The van der Waals surface area contributed by atoms with Crippen LogP contribution >= 0.6 is 0 Å². The molecule has 0 bridgehead atoms. The normalized spacial score (nSPS) is 24.8. The van der Waals surface area contributed by atoms with E-state index in [9.17, 15) is 9.90 Å². The van der Waals surface area contributed by atoms with E-state index in [-0.39, 0.29) is 5.92 Å². The summed E-state index contributed by atoms with van der Waals surface area (Å²) in [5.74, 6) is 4.18. The van der Waals surface area contributed by atoms with Crippen molar-refractivity contribution < 1.29 is 15.0 Å². The number of carboxylic acid groups (broad SMARTS) is 1. The minimum absolute atomic E-state index is 0.377. The van der Waals surface area contributed by atoms with Crippen molar-refractivity contribution in [2.75, 3.05) is 0 Å². The molecule has 13 heavy (non-hydrogen) atoms. The van der Waals surface area contributed by atoms with E-state index in [0.29, 0.717) is 6.42 Å². The van der Waals surface area contributed by atoms with Crippen LogP contribution < -0.4 is 0 Å². The minimum atomic E-state index is -1.31. The highest BCUT2D eigenvalue weighted by Gasteiger charge is 2.23. The van der Waals surface area contributed by atoms with Gasteiger partial charge in [-0.25, -0.2) is 4.79 Å². The third-order valence-electron chi connectivity index (χ3n) is 2.24. The van der Waals surface area contributed by atoms with Crippen molar-refractivity contribution in [1.29, 1.82) is 0 Å². The quantitative estimate of drug-likeness (QED) is 0.627. The Labute approximate surface area is 77.8 Å². The molecule has 0 saturated carbocycles. The molecule has 0 amide bonds. The molecular weight excluding hydrogens is 168 g/mol. The lowest BCUT2D eigenvalue weighted by Gasteiger charge is -2.15. The van der Waals surface area contributed by atoms with Crippen LogP contribution in [0.1, 0.15) is 32.1 Å². The molecule has 0 aliphatic heterocycles. The molecule has 1 aliphatic rings. The van der Waals surface area contributed by atoms with Crippen molar-refractivity contribution in [2.45, 2.75) is 38.2 Å². The SMILES string of the molecule is O=C(O)[C@@H](O)[C@H]1C#CCCCCC1. The Morgan fingerprint density at radius 1 is 1.38 bits per heavy atom. The number of aliphatic carboxylic acids is 1. The van der Waals surface area contributed by atoms with Crippen molar-refractivity contribution in [1.82, 2.24) is 0 Å². The molecule has 0 saturated heterocycles. The maximum atomic E-state index is 10.5. The molecule has 0 fully saturated rings. The number of carboxylic acids is 1. The second-order valence-corrected chi connectivity index (χ2v) is 3.31. The van der Waals surface area contributed by atoms with Crippen molar-refractivity contribution in [2.24, 2.45) is 5.92 Å². The highest BCUT2D eigenvalue weighted by Crippen LogP contribution is 2.16. The van der Waals surface area contributed by atoms with E-state index in [1.807, 2.05) is 0 Å². The van der Waals surface area contributed by atoms with Crippen molar-refractivity contribution >= 4 is 5.97 Å². The second-order valence-electron chi connectivity index (χ2n) is 3.31. The first-order valence-corrected chi connectivity index (χ1v) is 4.61. The standard InChI is InChI=1S/C10H14O3/c11-9(10(12)13)8-6-4-2-1-3-5-7-8/h8-9,11H,1-4,6H2,(H,12,13)/t8-,9+/m1/s1. The Kier molecular flexibility index (Phi) is 3.78. The molecule has 0 heterocycles. The van der Waals surface area contributed by atoms with E-state index in [1.54, 1.807) is 0 Å². The Morgan fingerprint density at radius 3 is 2.85 bits per heavy atom. The molecule has 3 nitrogen and oxygen atoms in total. The number of carbonyl (C=O) groups is 1. The fraction of sp³-hybridized carbons (Fsp3) is 0.700. The van der Waals surface area contributed by atoms with Crippen LogP contribution in [0.2, 0.25) is 0 Å². The van der Waals surface area contributed by atoms with Crippen LogP contribution in [-0.2, 0) is 4.79 Å². The van der Waals surface area contributed by atoms with Gasteiger partial charge in [-0.05, 0) is 12.8 Å². The van der Waals surface area contributed by atoms with Crippen molar-refractivity contribution in [3.05, 3.63) is 0 Å². The average Bonchev–Trinajstić information content (AvgIpc) is 2.02. The molecule has 0 aromatic rings. The summed E-state index contributed by atoms with van der Waals surface area (Å²) < 4.78 is 0. The highest BCUT2D eigenvalue weighted by molar-refractivity contribution is 5.72. The number of aliphatic hydroxyl groups is 1. The molecule has 2 atom stereocenters. The summed E-state index contributed by atoms with van der Waals surface area (Å²) in [7, 11) is 0. The number of rotatable bonds is 2. The molecule has 0 spiro atoms. The lowest BCUT2D eigenvalue weighted by molar-refractivity contribution is -0.148. The monoisotopic (exact) mass is 182 g/mol. The van der Waals surface area contributed by atoms with E-state index in [0.717, 1.165) is 25.7 Å². The van der Waals surface area contributed by atoms with Gasteiger partial charge in [-0.3, -0.25) is 0 Å². The molecule has 3 heteroatoms. The van der Waals surface area contributed by atoms with Crippen LogP contribution in [0, 0.1) is 17.8 Å². The predicted molar refractivity (Wildman–Crippen MR) is 48.0 cm³/mol. The van der Waals surface area contributed by atoms with E-state index in [4.69, 9.17) is 5.11 Å². The molecule has 0 aromatic heterocycles. The Balaban J connectivity index is 2.59. The van der Waals surface area contributed by atoms with Gasteiger partial charge in [0.1, 0.15) is 0 Å². The molecule has 0 radical (unpaired) electrons. The summed E-state index contributed by atoms with van der Waals surface area (Å²) in [5.41, 5.74) is 0. The smallest absolute Gasteiger partial charge is 0.333 e. The van der Waals surface area contributed by atoms with E-state index in [2.05, 4.69) is 11.8 Å². The maximum absolute atomic E-state index is 10.5. The Bertz CT molecular complexity index is 236. The number of aliphatic hydroxyl groups excluding tert-OH is 1. The first-order valence-electron chi connectivity index (χ1n) is 4.61. The zero-order chi connectivity index (χ0) is 9.68. The van der Waals surface area contributed by atoms with Gasteiger partial charge >= 0.3 is 5.97 Å². The van der Waals surface area contributed by atoms with Crippen LogP contribution in [0.25, 0.3) is 0 Å². The van der Waals surface area contributed by atoms with E-state index < -0.39 is 12.1 Å². The highest BCUT2D eigenvalue weighted by atomic mass is 16.4. The summed E-state index contributed by atoms with van der Waals surface area (Å²) in [4.78, 5) is 10.5. The van der Waals surface area contributed by atoms with Gasteiger partial charge in [-0.1, -0.05) is 18.8 Å². The fourth-order valence-electron chi connectivity index (χ4n) is 1.44. The Morgan fingerprint density at radius 2 is 2.15 bits per heavy atom. The number of hydrogen-bond donors (Lipinski definition) is 2. The lowest BCUT2D eigenvalue weighted by atomic mass is 9.93. The van der Waals surface area contributed by atoms with Crippen LogP contribution in [-0.4, -0.2) is 22.3 Å². The van der Waals surface area contributed by atoms with Gasteiger partial charge in [0, 0.05) is 6.42 Å². The van der Waals surface area contributed by atoms with Crippen molar-refractivity contribution in [3.63, 3.8) is 0 Å². The number of hydrogen-bond acceptors (Lipinski definition) is 2. The molecule has 1 aliphatic carbocycles. The molecule has 1 rings (SSSR count). The zero-order valence-corrected chi connectivity index (χ0v) is 7.49. The van der Waals surface area contributed by atoms with Crippen LogP contribution in [0.15, 0.2) is 0 Å². The van der Waals surface area contributed by atoms with E-state index >= 15 is 0 Å². The summed E-state index contributed by atoms with van der Waals surface area (Å²) in [6.45, 7) is 0. The summed E-state index contributed by atoms with van der Waals surface area (Å²) >= 11 is 0. The van der Waals surface area contributed by atoms with Gasteiger partial charge in [0.25, 0.3) is 0 Å². The third kappa shape index (κ3) is 3.08. The van der Waals surface area contributed by atoms with Gasteiger partial charge in [-0.2, -0.15) is 0 Å². The van der Waals surface area contributed by atoms with Gasteiger partial charge in [0.2, 0.25) is 0 Å². The summed E-state index contributed by atoms with van der Waals surface area (Å²) in [6, 6.07) is 0. The molecule has 0 aromatic carbocycles. The van der Waals surface area contributed by atoms with Crippen LogP contribution in [0.5, 0.6) is 0 Å². The summed E-state index contributed by atoms with van der Waals surface area (Å²) in [6.07, 6.45) is 3.33. The molecule has 0 unspecified atom stereocenters. The van der Waals surface area contributed by atoms with Gasteiger partial charge in [0.15, 0.2) is 6.10 Å². The van der Waals surface area contributed by atoms with Gasteiger partial charge in [0.05, 0.1) is 5.92 Å². The lowest BCUT2D eigenvalue weighted by Crippen LogP contribution is -2.28. The third-order valence-corrected chi connectivity index (χ3v) is 2.24. The summed E-state index contributed by atoms with van der Waals surface area (Å²) in [5, 5.41) is 17.8. The van der Waals surface area contributed by atoms with E-state index in [1.165, 1.54) is 0 Å². The maximum Gasteiger partial charge on any atom is 0.333 e. The first-order chi connectivity index (χ1) is 6.22. The fourth-order valence-corrected chi connectivity index (χ4v) is 1.44. The topological polar surface area (TPSA) is 57.5 Å². The average molecular weight is 182 g/mol. The van der Waals surface area contributed by atoms with Crippen molar-refractivity contribution in [3.8, 4) is 11.8 Å². The molecular formula is C10H14O3. The van der Waals surface area contributed by atoms with Gasteiger partial charge in [-0.15, -0.1) is 5.92 Å². The molecule has 2 N–H and O–H groups in total. The zero-order valence-electron chi connectivity index (χ0n) is 7.49. The van der Waals surface area contributed by atoms with Gasteiger partial charge < -0.3 is 10.2 Å².